The molecular formula is C19H24F4O. The lowest BCUT2D eigenvalue weighted by molar-refractivity contribution is -0.274. The Bertz CT molecular complexity index is 499. The van der Waals surface area contributed by atoms with E-state index in [1.165, 1.54) is 25.0 Å². The average molecular weight is 344 g/mol. The molecule has 0 aliphatic heterocycles. The van der Waals surface area contributed by atoms with Crippen LogP contribution in [0.2, 0.25) is 0 Å². The topological polar surface area (TPSA) is 9.23 Å². The van der Waals surface area contributed by atoms with Crippen molar-refractivity contribution in [3.63, 3.8) is 0 Å². The third-order valence-electron chi connectivity index (χ3n) is 4.57. The van der Waals surface area contributed by atoms with Crippen molar-refractivity contribution >= 4 is 0 Å². The Morgan fingerprint density at radius 3 is 2.29 bits per heavy atom. The van der Waals surface area contributed by atoms with Crippen LogP contribution in [0.15, 0.2) is 36.4 Å². The van der Waals surface area contributed by atoms with E-state index in [-0.39, 0.29) is 12.4 Å². The van der Waals surface area contributed by atoms with Crippen LogP contribution >= 0.6 is 0 Å². The second kappa shape index (κ2) is 9.09. The van der Waals surface area contributed by atoms with E-state index in [1.54, 1.807) is 12.1 Å². The van der Waals surface area contributed by atoms with Crippen LogP contribution in [0.25, 0.3) is 0 Å². The van der Waals surface area contributed by atoms with E-state index in [1.807, 2.05) is 6.08 Å². The average Bonchev–Trinajstić information content (AvgIpc) is 2.54. The molecule has 0 saturated heterocycles. The molecule has 2 rings (SSSR count). The minimum Gasteiger partial charge on any atom is -0.406 e. The smallest absolute Gasteiger partial charge is 0.406 e. The first-order valence-electron chi connectivity index (χ1n) is 8.53. The number of rotatable bonds is 7. The summed E-state index contributed by atoms with van der Waals surface area (Å²) >= 11 is 0. The Labute approximate surface area is 140 Å². The Kier molecular flexibility index (Phi) is 7.13. The van der Waals surface area contributed by atoms with Gasteiger partial charge in [0, 0.05) is 0 Å². The summed E-state index contributed by atoms with van der Waals surface area (Å²) in [6.07, 6.45) is 6.51. The van der Waals surface area contributed by atoms with E-state index >= 15 is 0 Å². The zero-order chi connectivity index (χ0) is 17.4. The Balaban J connectivity index is 1.71. The van der Waals surface area contributed by atoms with Crippen molar-refractivity contribution in [2.75, 3.05) is 6.67 Å². The number of aryl methyl sites for hydroxylation is 1. The zero-order valence-corrected chi connectivity index (χ0v) is 13.7. The molecule has 0 spiro atoms. The van der Waals surface area contributed by atoms with Gasteiger partial charge in [0.05, 0.1) is 6.67 Å². The molecule has 24 heavy (non-hydrogen) atoms. The first-order valence-corrected chi connectivity index (χ1v) is 8.53. The summed E-state index contributed by atoms with van der Waals surface area (Å²) in [4.78, 5) is 0. The molecule has 1 aromatic carbocycles. The van der Waals surface area contributed by atoms with Gasteiger partial charge in [0.1, 0.15) is 5.75 Å². The molecule has 1 saturated carbocycles. The molecule has 1 fully saturated rings. The second-order valence-corrected chi connectivity index (χ2v) is 6.42. The van der Waals surface area contributed by atoms with Crippen LogP contribution in [0.1, 0.15) is 44.1 Å². The van der Waals surface area contributed by atoms with Crippen LogP contribution < -0.4 is 4.74 Å². The summed E-state index contributed by atoms with van der Waals surface area (Å²) in [5.74, 6) is 1.07. The largest absolute Gasteiger partial charge is 0.573 e. The highest BCUT2D eigenvalue weighted by atomic mass is 19.4. The molecule has 134 valence electrons. The van der Waals surface area contributed by atoms with Gasteiger partial charge in [-0.05, 0) is 74.5 Å². The van der Waals surface area contributed by atoms with E-state index in [9.17, 15) is 17.6 Å². The highest BCUT2D eigenvalue weighted by Crippen LogP contribution is 2.32. The first-order chi connectivity index (χ1) is 11.5. The summed E-state index contributed by atoms with van der Waals surface area (Å²) in [6.45, 7) is -0.293. The fraction of sp³-hybridized carbons (Fsp3) is 0.579. The Morgan fingerprint density at radius 1 is 1.04 bits per heavy atom. The summed E-state index contributed by atoms with van der Waals surface area (Å²) in [6, 6.07) is 6.14. The van der Waals surface area contributed by atoms with E-state index < -0.39 is 6.36 Å². The van der Waals surface area contributed by atoms with E-state index in [0.29, 0.717) is 18.3 Å². The number of hydrogen-bond donors (Lipinski definition) is 0. The minimum atomic E-state index is -4.64. The van der Waals surface area contributed by atoms with E-state index in [4.69, 9.17) is 0 Å². The van der Waals surface area contributed by atoms with Crippen molar-refractivity contribution in [1.82, 2.24) is 0 Å². The summed E-state index contributed by atoms with van der Waals surface area (Å²) in [5, 5.41) is 0. The quantitative estimate of drug-likeness (QED) is 0.420. The third kappa shape index (κ3) is 6.93. The Morgan fingerprint density at radius 2 is 1.71 bits per heavy atom. The van der Waals surface area contributed by atoms with Gasteiger partial charge >= 0.3 is 6.36 Å². The van der Waals surface area contributed by atoms with Gasteiger partial charge in [0.25, 0.3) is 0 Å². The molecule has 0 aromatic heterocycles. The monoisotopic (exact) mass is 344 g/mol. The third-order valence-corrected chi connectivity index (χ3v) is 4.57. The van der Waals surface area contributed by atoms with E-state index in [2.05, 4.69) is 10.8 Å². The standard InChI is InChI=1S/C19H24F4O/c20-14-2-1-3-15-4-6-16(7-5-15)8-9-17-10-12-18(13-11-17)24-19(21,22)23/h1,3,10-13,15-16H,2,4-9,14H2/b3-1+. The first kappa shape index (κ1) is 18.8. The number of ether oxygens (including phenoxy) is 1. The predicted molar refractivity (Wildman–Crippen MR) is 86.6 cm³/mol. The number of allylic oxidation sites excluding steroid dienone is 2. The van der Waals surface area contributed by atoms with Gasteiger partial charge in [0.2, 0.25) is 0 Å². The number of alkyl halides is 4. The maximum absolute atomic E-state index is 12.1. The molecule has 5 heteroatoms. The second-order valence-electron chi connectivity index (χ2n) is 6.42. The summed E-state index contributed by atoms with van der Waals surface area (Å²) < 4.78 is 52.3. The molecule has 0 radical (unpaired) electrons. The molecule has 1 aliphatic rings. The van der Waals surface area contributed by atoms with Crippen LogP contribution in [0.4, 0.5) is 17.6 Å². The maximum Gasteiger partial charge on any atom is 0.573 e. The van der Waals surface area contributed by atoms with Crippen LogP contribution in [0.3, 0.4) is 0 Å². The molecular weight excluding hydrogens is 320 g/mol. The molecule has 0 unspecified atom stereocenters. The van der Waals surface area contributed by atoms with Crippen LogP contribution in [-0.2, 0) is 6.42 Å². The number of benzene rings is 1. The highest BCUT2D eigenvalue weighted by Gasteiger charge is 2.30. The Hall–Kier alpha value is -1.52. The molecule has 0 N–H and O–H groups in total. The zero-order valence-electron chi connectivity index (χ0n) is 13.7. The lowest BCUT2D eigenvalue weighted by Crippen LogP contribution is -2.17. The van der Waals surface area contributed by atoms with Gasteiger partial charge in [-0.2, -0.15) is 0 Å². The predicted octanol–water partition coefficient (Wildman–Crippen LogP) is 6.24. The maximum atomic E-state index is 12.1. The van der Waals surface area contributed by atoms with Crippen molar-refractivity contribution in [3.8, 4) is 5.75 Å². The lowest BCUT2D eigenvalue weighted by atomic mass is 9.79. The van der Waals surface area contributed by atoms with Gasteiger partial charge < -0.3 is 4.74 Å². The SMILES string of the molecule is FCC/C=C/C1CCC(CCc2ccc(OC(F)(F)F)cc2)CC1. The van der Waals surface area contributed by atoms with Crippen molar-refractivity contribution < 1.29 is 22.3 Å². The lowest BCUT2D eigenvalue weighted by Gasteiger charge is -2.26. The molecule has 1 nitrogen and oxygen atoms in total. The molecule has 1 aliphatic carbocycles. The normalized spacial score (nSPS) is 22.0. The van der Waals surface area contributed by atoms with Crippen molar-refractivity contribution in [2.45, 2.75) is 51.3 Å². The number of hydrogen-bond acceptors (Lipinski definition) is 1. The fourth-order valence-corrected chi connectivity index (χ4v) is 3.25. The molecule has 0 atom stereocenters. The van der Waals surface area contributed by atoms with Crippen molar-refractivity contribution in [2.24, 2.45) is 11.8 Å². The van der Waals surface area contributed by atoms with Gasteiger partial charge in [-0.25, -0.2) is 0 Å². The molecule has 0 heterocycles. The number of halogens is 4. The van der Waals surface area contributed by atoms with Crippen molar-refractivity contribution in [1.29, 1.82) is 0 Å². The van der Waals surface area contributed by atoms with Crippen LogP contribution in [0.5, 0.6) is 5.75 Å². The van der Waals surface area contributed by atoms with Gasteiger partial charge in [-0.3, -0.25) is 4.39 Å². The summed E-state index contributed by atoms with van der Waals surface area (Å²) in [5.41, 5.74) is 1.04. The van der Waals surface area contributed by atoms with Crippen LogP contribution in [-0.4, -0.2) is 13.0 Å². The highest BCUT2D eigenvalue weighted by molar-refractivity contribution is 5.27. The van der Waals surface area contributed by atoms with Gasteiger partial charge in [0.15, 0.2) is 0 Å². The molecule has 1 aromatic rings. The van der Waals surface area contributed by atoms with Crippen LogP contribution in [0, 0.1) is 11.8 Å². The fourth-order valence-electron chi connectivity index (χ4n) is 3.25. The van der Waals surface area contributed by atoms with Gasteiger partial charge in [-0.1, -0.05) is 24.3 Å². The molecule has 0 amide bonds. The van der Waals surface area contributed by atoms with Gasteiger partial charge in [-0.15, -0.1) is 13.2 Å². The summed E-state index contributed by atoms with van der Waals surface area (Å²) in [7, 11) is 0. The minimum absolute atomic E-state index is 0.174. The van der Waals surface area contributed by atoms with E-state index in [0.717, 1.165) is 31.2 Å². The molecule has 0 bridgehead atoms. The van der Waals surface area contributed by atoms with Crippen molar-refractivity contribution in [3.05, 3.63) is 42.0 Å².